The molecule has 6 nitrogen and oxygen atoms in total. The third kappa shape index (κ3) is 3.84. The number of anilines is 1. The summed E-state index contributed by atoms with van der Waals surface area (Å²) in [7, 11) is 0. The number of H-pyrrole nitrogens is 2. The summed E-state index contributed by atoms with van der Waals surface area (Å²) in [6.07, 6.45) is 2.70. The Balaban J connectivity index is 1.53. The van der Waals surface area contributed by atoms with Crippen LogP contribution in [-0.4, -0.2) is 14.5 Å². The van der Waals surface area contributed by atoms with E-state index in [4.69, 9.17) is 22.7 Å². The molecule has 28 heavy (non-hydrogen) atoms. The second-order valence-corrected chi connectivity index (χ2v) is 6.95. The maximum atomic E-state index is 11.4. The van der Waals surface area contributed by atoms with Crippen LogP contribution >= 0.6 is 12.2 Å². The average molecular weight is 392 g/mol. The number of rotatable bonds is 6. The Labute approximate surface area is 166 Å². The molecule has 0 radical (unpaired) electrons. The van der Waals surface area contributed by atoms with E-state index in [9.17, 15) is 4.79 Å². The number of ether oxygens (including phenoxy) is 1. The normalized spacial score (nSPS) is 11.0. The fourth-order valence-electron chi connectivity index (χ4n) is 3.20. The number of nitrogen functional groups attached to an aromatic ring is 1. The smallest absolute Gasteiger partial charge is 0.253 e. The molecule has 0 saturated carbocycles. The first-order valence-electron chi connectivity index (χ1n) is 8.96. The standard InChI is InChI=1S/C21H20N4O2S/c22-19-11-20(26)24-21(28)25(19)9-8-15-12-23-18-7-6-16(10-17(15)18)27-13-14-4-2-1-3-5-14/h1-7,10-12,23H,8-9,13,22H2,(H,24,26,28). The number of nitrogens with one attached hydrogen (secondary N) is 2. The molecule has 0 aliphatic heterocycles. The van der Waals surface area contributed by atoms with Gasteiger partial charge >= 0.3 is 0 Å². The van der Waals surface area contributed by atoms with Crippen molar-refractivity contribution in [1.82, 2.24) is 14.5 Å². The van der Waals surface area contributed by atoms with E-state index in [0.717, 1.165) is 27.8 Å². The Kier molecular flexibility index (Phi) is 4.99. The summed E-state index contributed by atoms with van der Waals surface area (Å²) < 4.78 is 8.00. The highest BCUT2D eigenvalue weighted by atomic mass is 32.1. The van der Waals surface area contributed by atoms with Crippen LogP contribution in [0.25, 0.3) is 10.9 Å². The summed E-state index contributed by atoms with van der Waals surface area (Å²) in [5, 5.41) is 1.10. The van der Waals surface area contributed by atoms with Crippen LogP contribution in [0.15, 0.2) is 65.6 Å². The number of benzene rings is 2. The van der Waals surface area contributed by atoms with E-state index in [-0.39, 0.29) is 5.56 Å². The lowest BCUT2D eigenvalue weighted by Crippen LogP contribution is -2.17. The van der Waals surface area contributed by atoms with Crippen LogP contribution in [-0.2, 0) is 19.6 Å². The molecule has 2 aromatic heterocycles. The molecule has 0 aliphatic rings. The topological polar surface area (TPSA) is 88.8 Å². The number of hydrogen-bond acceptors (Lipinski definition) is 4. The zero-order chi connectivity index (χ0) is 19.5. The molecular formula is C21H20N4O2S. The largest absolute Gasteiger partial charge is 0.489 e. The minimum absolute atomic E-state index is 0.286. The fraction of sp³-hybridized carbons (Fsp3) is 0.143. The highest BCUT2D eigenvalue weighted by molar-refractivity contribution is 7.71. The van der Waals surface area contributed by atoms with E-state index >= 15 is 0 Å². The van der Waals surface area contributed by atoms with E-state index in [1.807, 2.05) is 54.7 Å². The predicted octanol–water partition coefficient (Wildman–Crippen LogP) is 3.79. The first-order valence-corrected chi connectivity index (χ1v) is 9.37. The van der Waals surface area contributed by atoms with Crippen LogP contribution in [0.5, 0.6) is 5.75 Å². The molecule has 4 aromatic rings. The van der Waals surface area contributed by atoms with Crippen molar-refractivity contribution >= 4 is 28.9 Å². The lowest BCUT2D eigenvalue weighted by molar-refractivity contribution is 0.306. The summed E-state index contributed by atoms with van der Waals surface area (Å²) in [6.45, 7) is 1.10. The summed E-state index contributed by atoms with van der Waals surface area (Å²) in [6, 6.07) is 17.4. The van der Waals surface area contributed by atoms with E-state index < -0.39 is 0 Å². The Morgan fingerprint density at radius 1 is 1.11 bits per heavy atom. The number of fused-ring (bicyclic) bond motifs is 1. The minimum Gasteiger partial charge on any atom is -0.489 e. The number of aryl methyl sites for hydroxylation is 1. The summed E-state index contributed by atoms with van der Waals surface area (Å²) in [5.41, 5.74) is 8.95. The molecule has 0 saturated heterocycles. The summed E-state index contributed by atoms with van der Waals surface area (Å²) in [5.74, 6) is 1.18. The van der Waals surface area contributed by atoms with Crippen molar-refractivity contribution in [2.75, 3.05) is 5.73 Å². The molecule has 0 fully saturated rings. The number of hydrogen-bond donors (Lipinski definition) is 3. The van der Waals surface area contributed by atoms with Crippen molar-refractivity contribution in [2.45, 2.75) is 19.6 Å². The SMILES string of the molecule is Nc1cc(=O)[nH]c(=S)n1CCc1c[nH]c2ccc(OCc3ccccc3)cc12. The predicted molar refractivity (Wildman–Crippen MR) is 113 cm³/mol. The zero-order valence-electron chi connectivity index (χ0n) is 15.1. The summed E-state index contributed by atoms with van der Waals surface area (Å²) in [4.78, 5) is 17.3. The zero-order valence-corrected chi connectivity index (χ0v) is 16.0. The number of aromatic amines is 2. The molecule has 7 heteroatoms. The third-order valence-corrected chi connectivity index (χ3v) is 4.98. The first kappa shape index (κ1) is 18.1. The molecule has 4 N–H and O–H groups in total. The Hall–Kier alpha value is -3.32. The maximum absolute atomic E-state index is 11.4. The van der Waals surface area contributed by atoms with Crippen LogP contribution in [0, 0.1) is 4.77 Å². The van der Waals surface area contributed by atoms with Crippen LogP contribution in [0.1, 0.15) is 11.1 Å². The van der Waals surface area contributed by atoms with E-state index in [1.54, 1.807) is 4.57 Å². The highest BCUT2D eigenvalue weighted by Crippen LogP contribution is 2.25. The van der Waals surface area contributed by atoms with Crippen molar-refractivity contribution < 1.29 is 4.74 Å². The molecule has 4 rings (SSSR count). The van der Waals surface area contributed by atoms with E-state index in [2.05, 4.69) is 9.97 Å². The Bertz CT molecular complexity index is 1220. The molecule has 0 atom stereocenters. The molecule has 0 spiro atoms. The molecule has 0 unspecified atom stereocenters. The molecule has 142 valence electrons. The average Bonchev–Trinajstić information content (AvgIpc) is 3.09. The van der Waals surface area contributed by atoms with Crippen molar-refractivity contribution in [3.8, 4) is 5.75 Å². The van der Waals surface area contributed by atoms with Gasteiger partial charge < -0.3 is 20.0 Å². The second-order valence-electron chi connectivity index (χ2n) is 6.56. The quantitative estimate of drug-likeness (QED) is 0.436. The second kappa shape index (κ2) is 7.74. The van der Waals surface area contributed by atoms with Gasteiger partial charge in [-0.15, -0.1) is 0 Å². The molecular weight excluding hydrogens is 372 g/mol. The molecule has 2 heterocycles. The Morgan fingerprint density at radius 3 is 2.71 bits per heavy atom. The lowest BCUT2D eigenvalue weighted by Gasteiger charge is -2.10. The van der Waals surface area contributed by atoms with Gasteiger partial charge in [0.15, 0.2) is 4.77 Å². The van der Waals surface area contributed by atoms with Gasteiger partial charge in [-0.05, 0) is 48.0 Å². The van der Waals surface area contributed by atoms with Gasteiger partial charge in [-0.25, -0.2) is 0 Å². The molecule has 0 bridgehead atoms. The Morgan fingerprint density at radius 2 is 1.93 bits per heavy atom. The van der Waals surface area contributed by atoms with Crippen molar-refractivity contribution in [1.29, 1.82) is 0 Å². The molecule has 0 aliphatic carbocycles. The minimum atomic E-state index is -0.286. The van der Waals surface area contributed by atoms with Crippen LogP contribution in [0.2, 0.25) is 0 Å². The van der Waals surface area contributed by atoms with Gasteiger partial charge in [-0.2, -0.15) is 0 Å². The van der Waals surface area contributed by atoms with Gasteiger partial charge in [0.25, 0.3) is 5.56 Å². The maximum Gasteiger partial charge on any atom is 0.253 e. The van der Waals surface area contributed by atoms with Crippen LogP contribution in [0.4, 0.5) is 5.82 Å². The van der Waals surface area contributed by atoms with E-state index in [1.165, 1.54) is 6.07 Å². The van der Waals surface area contributed by atoms with Crippen LogP contribution < -0.4 is 16.0 Å². The fourth-order valence-corrected chi connectivity index (χ4v) is 3.49. The van der Waals surface area contributed by atoms with Crippen molar-refractivity contribution in [3.05, 3.63) is 87.0 Å². The van der Waals surface area contributed by atoms with Gasteiger partial charge in [-0.1, -0.05) is 30.3 Å². The van der Waals surface area contributed by atoms with E-state index in [0.29, 0.717) is 30.2 Å². The van der Waals surface area contributed by atoms with Gasteiger partial charge in [0, 0.05) is 29.7 Å². The van der Waals surface area contributed by atoms with Gasteiger partial charge in [0.05, 0.1) is 0 Å². The monoisotopic (exact) mass is 392 g/mol. The van der Waals surface area contributed by atoms with Gasteiger partial charge in [0.1, 0.15) is 18.2 Å². The summed E-state index contributed by atoms with van der Waals surface area (Å²) >= 11 is 5.22. The lowest BCUT2D eigenvalue weighted by atomic mass is 10.1. The van der Waals surface area contributed by atoms with Gasteiger partial charge in [0.2, 0.25) is 0 Å². The number of aromatic nitrogens is 3. The third-order valence-electron chi connectivity index (χ3n) is 4.66. The van der Waals surface area contributed by atoms with Crippen molar-refractivity contribution in [3.63, 3.8) is 0 Å². The van der Waals surface area contributed by atoms with Crippen molar-refractivity contribution in [2.24, 2.45) is 0 Å². The first-order chi connectivity index (χ1) is 13.6. The number of nitrogens with zero attached hydrogens (tertiary/aromatic N) is 1. The highest BCUT2D eigenvalue weighted by Gasteiger charge is 2.08. The molecule has 0 amide bonds. The van der Waals surface area contributed by atoms with Gasteiger partial charge in [-0.3, -0.25) is 9.78 Å². The molecule has 2 aromatic carbocycles. The van der Waals surface area contributed by atoms with Crippen LogP contribution in [0.3, 0.4) is 0 Å². The number of nitrogens with two attached hydrogens (primary N) is 1.